The van der Waals surface area contributed by atoms with E-state index >= 15 is 0 Å². The number of hydrogen-bond donors (Lipinski definition) is 1. The van der Waals surface area contributed by atoms with E-state index < -0.39 is 5.78 Å². The lowest BCUT2D eigenvalue weighted by Crippen LogP contribution is -2.17. The molecule has 1 aromatic carbocycles. The maximum atomic E-state index is 12.5. The van der Waals surface area contributed by atoms with Crippen LogP contribution in [-0.4, -0.2) is 30.4 Å². The van der Waals surface area contributed by atoms with E-state index in [4.69, 9.17) is 0 Å². The van der Waals surface area contributed by atoms with Gasteiger partial charge in [-0.05, 0) is 37.3 Å². The molecule has 0 spiro atoms. The van der Waals surface area contributed by atoms with Crippen molar-refractivity contribution >= 4 is 34.3 Å². The van der Waals surface area contributed by atoms with Gasteiger partial charge in [0.1, 0.15) is 11.0 Å². The lowest BCUT2D eigenvalue weighted by molar-refractivity contribution is 0.106. The molecule has 0 aliphatic heterocycles. The predicted molar refractivity (Wildman–Crippen MR) is 79.0 cm³/mol. The number of hydrogen-bond acceptors (Lipinski definition) is 7. The van der Waals surface area contributed by atoms with E-state index in [-0.39, 0.29) is 5.71 Å². The third-order valence-corrected chi connectivity index (χ3v) is 3.52. The number of Topliss-reactive ketones (excluding diaryl/α,β-unsaturated/α-hetero) is 1. The van der Waals surface area contributed by atoms with Crippen LogP contribution in [0.1, 0.15) is 21.7 Å². The fraction of sp³-hybridized carbons (Fsp3) is 0.0714. The Morgan fingerprint density at radius 2 is 2.00 bits per heavy atom. The molecular weight excluding hydrogens is 288 g/mol. The van der Waals surface area contributed by atoms with Gasteiger partial charge in [0.05, 0.1) is 17.4 Å². The normalized spacial score (nSPS) is 11.8. The molecule has 0 saturated carbocycles. The second-order valence-corrected chi connectivity index (χ2v) is 4.94. The Hall–Kier alpha value is -2.67. The van der Waals surface area contributed by atoms with E-state index in [1.165, 1.54) is 0 Å². The summed E-state index contributed by atoms with van der Waals surface area (Å²) in [5.41, 5.74) is 2.72. The third kappa shape index (κ3) is 2.50. The van der Waals surface area contributed by atoms with Crippen molar-refractivity contribution < 1.29 is 10.0 Å². The second kappa shape index (κ2) is 5.37. The van der Waals surface area contributed by atoms with Gasteiger partial charge in [-0.1, -0.05) is 11.2 Å². The molecule has 7 heteroatoms. The average molecular weight is 298 g/mol. The van der Waals surface area contributed by atoms with Crippen LogP contribution in [0.2, 0.25) is 0 Å². The molecule has 2 heterocycles. The second-order valence-electron chi connectivity index (χ2n) is 4.41. The number of rotatable bonds is 3. The first-order chi connectivity index (χ1) is 10.2. The summed E-state index contributed by atoms with van der Waals surface area (Å²) in [4.78, 5) is 16.7. The van der Waals surface area contributed by atoms with E-state index in [9.17, 15) is 10.0 Å². The van der Waals surface area contributed by atoms with Gasteiger partial charge >= 0.3 is 0 Å². The van der Waals surface area contributed by atoms with Gasteiger partial charge in [0.25, 0.3) is 0 Å². The van der Waals surface area contributed by atoms with E-state index in [1.807, 2.05) is 0 Å². The summed E-state index contributed by atoms with van der Waals surface area (Å²) < 4.78 is 8.18. The van der Waals surface area contributed by atoms with Crippen LogP contribution in [-0.2, 0) is 0 Å². The van der Waals surface area contributed by atoms with Gasteiger partial charge in [0.15, 0.2) is 5.71 Å². The summed E-state index contributed by atoms with van der Waals surface area (Å²) in [6, 6.07) is 10.2. The molecule has 0 unspecified atom stereocenters. The van der Waals surface area contributed by atoms with Crippen molar-refractivity contribution in [2.45, 2.75) is 6.92 Å². The van der Waals surface area contributed by atoms with Crippen LogP contribution in [0, 0.1) is 6.92 Å². The molecular formula is C14H10N4O2S. The maximum Gasteiger partial charge on any atom is 0.217 e. The Labute approximate surface area is 124 Å². The Kier molecular flexibility index (Phi) is 3.41. The van der Waals surface area contributed by atoms with Crippen LogP contribution in [0.5, 0.6) is 0 Å². The fourth-order valence-corrected chi connectivity index (χ4v) is 2.47. The standard InChI is InChI=1S/C14H10N4O2S/c1-8-3-2-4-11(15-8)13(16-20)14(19)9-5-6-10-12(7-9)18-21-17-10/h2-7,20H,1H3. The molecule has 0 aliphatic rings. The molecule has 104 valence electrons. The van der Waals surface area contributed by atoms with Crippen LogP contribution < -0.4 is 0 Å². The quantitative estimate of drug-likeness (QED) is 0.347. The van der Waals surface area contributed by atoms with Crippen molar-refractivity contribution in [3.8, 4) is 0 Å². The minimum absolute atomic E-state index is 0.0961. The van der Waals surface area contributed by atoms with E-state index in [1.54, 1.807) is 43.3 Å². The number of aromatic nitrogens is 3. The molecule has 6 nitrogen and oxygen atoms in total. The number of benzene rings is 1. The zero-order chi connectivity index (χ0) is 14.8. The van der Waals surface area contributed by atoms with Crippen molar-refractivity contribution in [1.29, 1.82) is 0 Å². The van der Waals surface area contributed by atoms with E-state index in [0.29, 0.717) is 16.8 Å². The minimum atomic E-state index is -0.412. The zero-order valence-electron chi connectivity index (χ0n) is 11.0. The first kappa shape index (κ1) is 13.3. The number of pyridine rings is 1. The highest BCUT2D eigenvalue weighted by Gasteiger charge is 2.19. The Morgan fingerprint density at radius 3 is 2.76 bits per heavy atom. The molecule has 3 aromatic rings. The smallest absolute Gasteiger partial charge is 0.217 e. The SMILES string of the molecule is Cc1cccc(C(=NO)C(=O)c2ccc3nsnc3c2)n1. The molecule has 0 amide bonds. The summed E-state index contributed by atoms with van der Waals surface area (Å²) in [6.07, 6.45) is 0. The molecule has 0 radical (unpaired) electrons. The van der Waals surface area contributed by atoms with E-state index in [2.05, 4.69) is 18.9 Å². The molecule has 0 bridgehead atoms. The van der Waals surface area contributed by atoms with Gasteiger partial charge in [0, 0.05) is 11.3 Å². The monoisotopic (exact) mass is 298 g/mol. The number of oxime groups is 1. The van der Waals surface area contributed by atoms with E-state index in [0.717, 1.165) is 22.9 Å². The number of aryl methyl sites for hydroxylation is 1. The fourth-order valence-electron chi connectivity index (χ4n) is 1.95. The highest BCUT2D eigenvalue weighted by atomic mass is 32.1. The predicted octanol–water partition coefficient (Wildman–Crippen LogP) is 2.46. The van der Waals surface area contributed by atoms with Crippen LogP contribution in [0.4, 0.5) is 0 Å². The van der Waals surface area contributed by atoms with Crippen molar-refractivity contribution in [3.05, 3.63) is 53.3 Å². The van der Waals surface area contributed by atoms with Crippen LogP contribution in [0.25, 0.3) is 11.0 Å². The third-order valence-electron chi connectivity index (χ3n) is 2.96. The molecule has 0 aliphatic carbocycles. The van der Waals surface area contributed by atoms with Gasteiger partial charge in [-0.3, -0.25) is 9.78 Å². The Bertz CT molecular complexity index is 857. The average Bonchev–Trinajstić information content (AvgIpc) is 2.95. The van der Waals surface area contributed by atoms with Gasteiger partial charge in [-0.15, -0.1) is 0 Å². The molecule has 21 heavy (non-hydrogen) atoms. The number of ketones is 1. The van der Waals surface area contributed by atoms with Crippen molar-refractivity contribution in [2.24, 2.45) is 5.16 Å². The number of fused-ring (bicyclic) bond motifs is 1. The van der Waals surface area contributed by atoms with Crippen LogP contribution >= 0.6 is 11.7 Å². The maximum absolute atomic E-state index is 12.5. The molecule has 0 saturated heterocycles. The van der Waals surface area contributed by atoms with Crippen molar-refractivity contribution in [2.75, 3.05) is 0 Å². The summed E-state index contributed by atoms with van der Waals surface area (Å²) in [5, 5.41) is 12.3. The highest BCUT2D eigenvalue weighted by molar-refractivity contribution is 7.00. The number of carbonyl (C=O) groups excluding carboxylic acids is 1. The van der Waals surface area contributed by atoms with Crippen LogP contribution in [0.3, 0.4) is 0 Å². The van der Waals surface area contributed by atoms with Crippen molar-refractivity contribution in [3.63, 3.8) is 0 Å². The van der Waals surface area contributed by atoms with Gasteiger partial charge in [0.2, 0.25) is 5.78 Å². The Morgan fingerprint density at radius 1 is 1.19 bits per heavy atom. The van der Waals surface area contributed by atoms with Gasteiger partial charge in [-0.25, -0.2) is 0 Å². The summed E-state index contributed by atoms with van der Waals surface area (Å²) in [5.74, 6) is -0.412. The number of carbonyl (C=O) groups is 1. The topological polar surface area (TPSA) is 88.3 Å². The summed E-state index contributed by atoms with van der Waals surface area (Å²) in [7, 11) is 0. The molecule has 0 fully saturated rings. The largest absolute Gasteiger partial charge is 0.410 e. The first-order valence-corrected chi connectivity index (χ1v) is 6.85. The van der Waals surface area contributed by atoms with Gasteiger partial charge in [-0.2, -0.15) is 8.75 Å². The molecule has 0 atom stereocenters. The minimum Gasteiger partial charge on any atom is -0.410 e. The Balaban J connectivity index is 2.02. The summed E-state index contributed by atoms with van der Waals surface area (Å²) in [6.45, 7) is 1.80. The zero-order valence-corrected chi connectivity index (χ0v) is 11.8. The van der Waals surface area contributed by atoms with Crippen molar-refractivity contribution in [1.82, 2.24) is 13.7 Å². The first-order valence-electron chi connectivity index (χ1n) is 6.12. The molecule has 2 aromatic heterocycles. The lowest BCUT2D eigenvalue weighted by Gasteiger charge is -2.04. The molecule has 3 rings (SSSR count). The summed E-state index contributed by atoms with van der Waals surface area (Å²) >= 11 is 1.08. The number of nitrogens with zero attached hydrogens (tertiary/aromatic N) is 4. The highest BCUT2D eigenvalue weighted by Crippen LogP contribution is 2.15. The lowest BCUT2D eigenvalue weighted by atomic mass is 10.0. The van der Waals surface area contributed by atoms with Gasteiger partial charge < -0.3 is 5.21 Å². The molecule has 1 N–H and O–H groups in total. The van der Waals surface area contributed by atoms with Crippen LogP contribution in [0.15, 0.2) is 41.6 Å².